The first-order valence-electron chi connectivity index (χ1n) is 13.6. The van der Waals surface area contributed by atoms with E-state index in [1.165, 1.54) is 23.8 Å². The van der Waals surface area contributed by atoms with E-state index < -0.39 is 5.97 Å². The van der Waals surface area contributed by atoms with Crippen LogP contribution in [0.1, 0.15) is 41.6 Å². The molecule has 1 fully saturated rings. The van der Waals surface area contributed by atoms with Crippen molar-refractivity contribution < 1.29 is 24.2 Å². The molecule has 0 saturated heterocycles. The molecule has 0 atom stereocenters. The molecule has 210 valence electrons. The summed E-state index contributed by atoms with van der Waals surface area (Å²) in [6.07, 6.45) is 4.67. The van der Waals surface area contributed by atoms with Crippen molar-refractivity contribution in [3.05, 3.63) is 114 Å². The van der Waals surface area contributed by atoms with Gasteiger partial charge in [0.1, 0.15) is 23.9 Å². The molecular formula is C33H32N2O5S. The number of para-hydroxylation sites is 1. The second kappa shape index (κ2) is 13.4. The van der Waals surface area contributed by atoms with Gasteiger partial charge in [0, 0.05) is 4.90 Å². The van der Waals surface area contributed by atoms with Crippen molar-refractivity contribution in [1.29, 1.82) is 0 Å². The predicted molar refractivity (Wildman–Crippen MR) is 161 cm³/mol. The minimum absolute atomic E-state index is 0.0476. The van der Waals surface area contributed by atoms with E-state index in [9.17, 15) is 14.7 Å². The molecule has 0 aliphatic heterocycles. The van der Waals surface area contributed by atoms with Crippen LogP contribution >= 0.6 is 11.9 Å². The molecule has 0 aromatic heterocycles. The van der Waals surface area contributed by atoms with E-state index in [4.69, 9.17) is 9.47 Å². The van der Waals surface area contributed by atoms with E-state index in [0.717, 1.165) is 24.2 Å². The maximum Gasteiger partial charge on any atom is 0.337 e. The topological polar surface area (TPSA) is 96.9 Å². The van der Waals surface area contributed by atoms with Crippen LogP contribution in [0.15, 0.2) is 108 Å². The van der Waals surface area contributed by atoms with Gasteiger partial charge in [-0.15, -0.1) is 0 Å². The number of carboxylic acids is 1. The number of rotatable bonds is 12. The average Bonchev–Trinajstić information content (AvgIpc) is 3.47. The lowest BCUT2D eigenvalue weighted by molar-refractivity contribution is -0.115. The molecule has 0 radical (unpaired) electrons. The fourth-order valence-electron chi connectivity index (χ4n) is 4.78. The van der Waals surface area contributed by atoms with E-state index in [1.54, 1.807) is 42.3 Å². The standard InChI is InChI=1S/C33H32N2O5S/c36-31(34-30-11-5-4-10-29(30)32(37)38)22-24-12-14-26(15-13-24)40-27-18-16-25(17-19-27)39-23-33(20-6-7-21-33)35-41-28-8-2-1-3-9-28/h1-5,8-19,35H,6-7,20-23H2,(H,34,36)(H,37,38). The number of hydrogen-bond donors (Lipinski definition) is 3. The van der Waals surface area contributed by atoms with Crippen LogP contribution in [0.25, 0.3) is 0 Å². The summed E-state index contributed by atoms with van der Waals surface area (Å²) in [5.74, 6) is 0.736. The highest BCUT2D eigenvalue weighted by Crippen LogP contribution is 2.34. The van der Waals surface area contributed by atoms with Crippen LogP contribution in [-0.2, 0) is 11.2 Å². The van der Waals surface area contributed by atoms with E-state index in [1.807, 2.05) is 54.6 Å². The van der Waals surface area contributed by atoms with Gasteiger partial charge in [-0.1, -0.05) is 55.3 Å². The summed E-state index contributed by atoms with van der Waals surface area (Å²) in [6, 6.07) is 31.5. The molecule has 1 saturated carbocycles. The summed E-state index contributed by atoms with van der Waals surface area (Å²) >= 11 is 1.67. The highest BCUT2D eigenvalue weighted by molar-refractivity contribution is 7.97. The van der Waals surface area contributed by atoms with Crippen molar-refractivity contribution in [2.75, 3.05) is 11.9 Å². The third kappa shape index (κ3) is 7.90. The monoisotopic (exact) mass is 568 g/mol. The molecule has 4 aromatic rings. The van der Waals surface area contributed by atoms with E-state index in [2.05, 4.69) is 22.2 Å². The molecule has 0 bridgehead atoms. The summed E-state index contributed by atoms with van der Waals surface area (Å²) in [6.45, 7) is 0.601. The zero-order valence-electron chi connectivity index (χ0n) is 22.5. The van der Waals surface area contributed by atoms with Gasteiger partial charge in [0.15, 0.2) is 0 Å². The third-order valence-electron chi connectivity index (χ3n) is 6.98. The Kier molecular flexibility index (Phi) is 9.23. The molecule has 41 heavy (non-hydrogen) atoms. The maximum absolute atomic E-state index is 12.5. The number of carboxylic acid groups (broad SMARTS) is 1. The van der Waals surface area contributed by atoms with Crippen LogP contribution in [0.2, 0.25) is 0 Å². The number of hydrogen-bond acceptors (Lipinski definition) is 6. The molecule has 8 heteroatoms. The van der Waals surface area contributed by atoms with Crippen molar-refractivity contribution in [1.82, 2.24) is 4.72 Å². The van der Waals surface area contributed by atoms with Crippen molar-refractivity contribution in [2.45, 2.75) is 42.5 Å². The predicted octanol–water partition coefficient (Wildman–Crippen LogP) is 7.35. The Hall–Kier alpha value is -4.27. The third-order valence-corrected chi connectivity index (χ3v) is 8.03. The Bertz CT molecular complexity index is 1450. The quantitative estimate of drug-likeness (QED) is 0.154. The van der Waals surface area contributed by atoms with Gasteiger partial charge in [0.05, 0.1) is 23.2 Å². The Balaban J connectivity index is 1.11. The smallest absolute Gasteiger partial charge is 0.337 e. The van der Waals surface area contributed by atoms with E-state index in [0.29, 0.717) is 18.1 Å². The molecule has 7 nitrogen and oxygen atoms in total. The van der Waals surface area contributed by atoms with Gasteiger partial charge in [-0.25, -0.2) is 4.79 Å². The second-order valence-electron chi connectivity index (χ2n) is 10.1. The molecule has 1 amide bonds. The summed E-state index contributed by atoms with van der Waals surface area (Å²) in [5, 5.41) is 12.0. The summed E-state index contributed by atoms with van der Waals surface area (Å²) < 4.78 is 15.9. The van der Waals surface area contributed by atoms with Gasteiger partial charge in [-0.2, -0.15) is 0 Å². The molecule has 5 rings (SSSR count). The Morgan fingerprint density at radius 2 is 1.39 bits per heavy atom. The summed E-state index contributed by atoms with van der Waals surface area (Å²) in [4.78, 5) is 25.0. The van der Waals surface area contributed by atoms with Crippen LogP contribution in [0.3, 0.4) is 0 Å². The van der Waals surface area contributed by atoms with Crippen LogP contribution in [0, 0.1) is 0 Å². The zero-order chi connectivity index (χ0) is 28.5. The molecule has 0 spiro atoms. The molecule has 3 N–H and O–H groups in total. The number of amides is 1. The molecule has 1 aliphatic rings. The molecule has 0 heterocycles. The number of aromatic carboxylic acids is 1. The van der Waals surface area contributed by atoms with Gasteiger partial charge < -0.3 is 19.9 Å². The van der Waals surface area contributed by atoms with Gasteiger partial charge in [-0.05, 0) is 91.0 Å². The minimum Gasteiger partial charge on any atom is -0.492 e. The Morgan fingerprint density at radius 3 is 2.07 bits per heavy atom. The molecular weight excluding hydrogens is 536 g/mol. The summed E-state index contributed by atoms with van der Waals surface area (Å²) in [7, 11) is 0. The largest absolute Gasteiger partial charge is 0.492 e. The fourth-order valence-corrected chi connectivity index (χ4v) is 5.67. The van der Waals surface area contributed by atoms with Crippen LogP contribution in [-0.4, -0.2) is 29.1 Å². The van der Waals surface area contributed by atoms with E-state index >= 15 is 0 Å². The normalized spacial score (nSPS) is 13.9. The molecule has 4 aromatic carbocycles. The number of carbonyl (C=O) groups excluding carboxylic acids is 1. The van der Waals surface area contributed by atoms with Crippen molar-refractivity contribution >= 4 is 29.5 Å². The number of ether oxygens (including phenoxy) is 2. The van der Waals surface area contributed by atoms with Crippen LogP contribution in [0.5, 0.6) is 17.2 Å². The lowest BCUT2D eigenvalue weighted by Gasteiger charge is -2.29. The first-order valence-corrected chi connectivity index (χ1v) is 14.4. The van der Waals surface area contributed by atoms with Gasteiger partial charge >= 0.3 is 5.97 Å². The highest BCUT2D eigenvalue weighted by Gasteiger charge is 2.34. The number of carbonyl (C=O) groups is 2. The lowest BCUT2D eigenvalue weighted by atomic mass is 10.0. The van der Waals surface area contributed by atoms with E-state index in [-0.39, 0.29) is 29.1 Å². The Morgan fingerprint density at radius 1 is 0.780 bits per heavy atom. The first kappa shape index (κ1) is 28.3. The van der Waals surface area contributed by atoms with Gasteiger partial charge in [-0.3, -0.25) is 9.52 Å². The first-order chi connectivity index (χ1) is 20.0. The van der Waals surface area contributed by atoms with Gasteiger partial charge in [0.25, 0.3) is 0 Å². The van der Waals surface area contributed by atoms with Crippen molar-refractivity contribution in [3.8, 4) is 17.2 Å². The number of nitrogens with one attached hydrogen (secondary N) is 2. The maximum atomic E-state index is 12.5. The average molecular weight is 569 g/mol. The molecule has 0 unspecified atom stereocenters. The van der Waals surface area contributed by atoms with Crippen molar-refractivity contribution in [3.63, 3.8) is 0 Å². The lowest BCUT2D eigenvalue weighted by Crippen LogP contribution is -2.44. The van der Waals surface area contributed by atoms with Crippen LogP contribution in [0.4, 0.5) is 5.69 Å². The zero-order valence-corrected chi connectivity index (χ0v) is 23.4. The van der Waals surface area contributed by atoms with Crippen molar-refractivity contribution in [2.24, 2.45) is 0 Å². The highest BCUT2D eigenvalue weighted by atomic mass is 32.2. The van der Waals surface area contributed by atoms with Crippen LogP contribution < -0.4 is 19.5 Å². The minimum atomic E-state index is -1.09. The Labute approximate surface area is 244 Å². The van der Waals surface area contributed by atoms with Gasteiger partial charge in [0.2, 0.25) is 5.91 Å². The SMILES string of the molecule is O=C(Cc1ccc(Oc2ccc(OCC3(NSc4ccccc4)CCCC3)cc2)cc1)Nc1ccccc1C(=O)O. The fraction of sp³-hybridized carbons (Fsp3) is 0.212. The molecule has 1 aliphatic carbocycles. The second-order valence-corrected chi connectivity index (χ2v) is 11.0. The number of benzene rings is 4. The summed E-state index contributed by atoms with van der Waals surface area (Å²) in [5.41, 5.74) is 1.07. The number of anilines is 1.